The quantitative estimate of drug-likeness (QED) is 0.265. The number of ether oxygens (including phenoxy) is 2. The van der Waals surface area contributed by atoms with Gasteiger partial charge in [-0.3, -0.25) is 14.5 Å². The van der Waals surface area contributed by atoms with Gasteiger partial charge in [-0.25, -0.2) is 9.98 Å². The Morgan fingerprint density at radius 3 is 2.53 bits per heavy atom. The number of benzene rings is 2. The van der Waals surface area contributed by atoms with Crippen LogP contribution in [0.2, 0.25) is 0 Å². The minimum Gasteiger partial charge on any atom is -0.504 e. The van der Waals surface area contributed by atoms with Crippen molar-refractivity contribution in [2.75, 3.05) is 14.2 Å². The second-order valence-electron chi connectivity index (χ2n) is 6.70. The zero-order chi connectivity index (χ0) is 22.8. The molecule has 0 saturated heterocycles. The zero-order valence-electron chi connectivity index (χ0n) is 17.1. The van der Waals surface area contributed by atoms with E-state index in [4.69, 9.17) is 9.47 Å². The van der Waals surface area contributed by atoms with E-state index in [-0.39, 0.29) is 34.2 Å². The summed E-state index contributed by atoms with van der Waals surface area (Å²) < 4.78 is 12.0. The summed E-state index contributed by atoms with van der Waals surface area (Å²) in [6, 6.07) is 12.6. The number of nitrogens with zero attached hydrogens (tertiary/aromatic N) is 4. The van der Waals surface area contributed by atoms with Crippen molar-refractivity contribution in [2.24, 2.45) is 4.99 Å². The minimum absolute atomic E-state index is 0.0168. The average molecular weight is 434 g/mol. The molecule has 10 heteroatoms. The van der Waals surface area contributed by atoms with E-state index >= 15 is 0 Å². The van der Waals surface area contributed by atoms with E-state index in [0.29, 0.717) is 22.7 Å². The van der Waals surface area contributed by atoms with Crippen LogP contribution in [0.3, 0.4) is 0 Å². The van der Waals surface area contributed by atoms with Gasteiger partial charge in [0.2, 0.25) is 0 Å². The smallest absolute Gasteiger partial charge is 0.282 e. The number of nitro groups is 1. The largest absolute Gasteiger partial charge is 0.504 e. The topological polar surface area (TPSA) is 132 Å². The van der Waals surface area contributed by atoms with Crippen molar-refractivity contribution in [3.63, 3.8) is 0 Å². The number of hydrogen-bond acceptors (Lipinski definition) is 8. The van der Waals surface area contributed by atoms with Crippen LogP contribution in [0, 0.1) is 10.1 Å². The summed E-state index contributed by atoms with van der Waals surface area (Å²) in [5, 5.41) is 31.3. The van der Waals surface area contributed by atoms with Gasteiger partial charge in [-0.15, -0.1) is 0 Å². The van der Waals surface area contributed by atoms with Crippen LogP contribution in [0.25, 0.3) is 16.9 Å². The zero-order valence-corrected chi connectivity index (χ0v) is 17.1. The first-order valence-corrected chi connectivity index (χ1v) is 9.37. The molecule has 10 nitrogen and oxygen atoms in total. The molecule has 0 saturated carbocycles. The van der Waals surface area contributed by atoms with Crippen molar-refractivity contribution >= 4 is 23.4 Å². The summed E-state index contributed by atoms with van der Waals surface area (Å²) in [7, 11) is 2.79. The van der Waals surface area contributed by atoms with Gasteiger partial charge in [-0.1, -0.05) is 6.07 Å². The number of fused-ring (bicyclic) bond motifs is 1. The molecule has 0 radical (unpaired) electrons. The van der Waals surface area contributed by atoms with Gasteiger partial charge in [0.25, 0.3) is 5.69 Å². The molecule has 0 fully saturated rings. The third kappa shape index (κ3) is 3.65. The molecule has 4 aromatic rings. The molecule has 2 aromatic heterocycles. The molecule has 0 aliphatic heterocycles. The Balaban J connectivity index is 1.90. The highest BCUT2D eigenvalue weighted by Gasteiger charge is 2.19. The normalized spacial score (nSPS) is 11.2. The van der Waals surface area contributed by atoms with Crippen LogP contribution in [0.15, 0.2) is 59.7 Å². The second-order valence-corrected chi connectivity index (χ2v) is 6.70. The first kappa shape index (κ1) is 20.7. The van der Waals surface area contributed by atoms with Crippen LogP contribution >= 0.6 is 0 Å². The van der Waals surface area contributed by atoms with Gasteiger partial charge in [0.1, 0.15) is 11.3 Å². The van der Waals surface area contributed by atoms with E-state index in [1.807, 2.05) is 6.07 Å². The molecule has 4 rings (SSSR count). The van der Waals surface area contributed by atoms with Crippen LogP contribution in [-0.2, 0) is 0 Å². The Labute approximate surface area is 181 Å². The third-order valence-corrected chi connectivity index (χ3v) is 4.81. The number of nitro benzene ring substituents is 1. The van der Waals surface area contributed by atoms with E-state index in [2.05, 4.69) is 9.98 Å². The Morgan fingerprint density at radius 1 is 1.06 bits per heavy atom. The standard InChI is InChI=1S/C22H18N4O6/c1-31-18-9-13(6-7-16(18)27)21-22(25-8-4-3-5-20(25)24-21)23-12-14-10-19(32-2)17(28)11-15(14)26(29)30/h3-12,27-28H,1-2H3. The predicted molar refractivity (Wildman–Crippen MR) is 117 cm³/mol. The van der Waals surface area contributed by atoms with Crippen molar-refractivity contribution in [1.29, 1.82) is 0 Å². The maximum atomic E-state index is 11.5. The molecule has 0 aliphatic rings. The number of pyridine rings is 1. The lowest BCUT2D eigenvalue weighted by Gasteiger charge is -2.06. The highest BCUT2D eigenvalue weighted by Crippen LogP contribution is 2.37. The number of phenols is 2. The Morgan fingerprint density at radius 2 is 1.81 bits per heavy atom. The third-order valence-electron chi connectivity index (χ3n) is 4.81. The van der Waals surface area contributed by atoms with Gasteiger partial charge < -0.3 is 19.7 Å². The summed E-state index contributed by atoms with van der Waals surface area (Å²) in [5.74, 6) is 0.404. The average Bonchev–Trinajstić information content (AvgIpc) is 3.16. The van der Waals surface area contributed by atoms with E-state index < -0.39 is 4.92 Å². The molecule has 0 amide bonds. The maximum absolute atomic E-state index is 11.5. The Bertz CT molecular complexity index is 1360. The molecule has 2 N–H and O–H groups in total. The lowest BCUT2D eigenvalue weighted by Crippen LogP contribution is -1.96. The van der Waals surface area contributed by atoms with Gasteiger partial charge in [0.05, 0.1) is 30.8 Å². The molecule has 0 spiro atoms. The fourth-order valence-corrected chi connectivity index (χ4v) is 3.25. The molecule has 0 bridgehead atoms. The number of aliphatic imine (C=N–C) groups is 1. The SMILES string of the molecule is COc1cc(-c2nc3ccccn3c2N=Cc2cc(OC)c(O)cc2[N+](=O)[O-])ccc1O. The highest BCUT2D eigenvalue weighted by molar-refractivity contribution is 5.90. The van der Waals surface area contributed by atoms with E-state index in [1.165, 1.54) is 32.6 Å². The lowest BCUT2D eigenvalue weighted by atomic mass is 10.1. The fourth-order valence-electron chi connectivity index (χ4n) is 3.25. The number of methoxy groups -OCH3 is 2. The highest BCUT2D eigenvalue weighted by atomic mass is 16.6. The van der Waals surface area contributed by atoms with Crippen molar-refractivity contribution < 1.29 is 24.6 Å². The number of rotatable bonds is 6. The van der Waals surface area contributed by atoms with Gasteiger partial charge in [-0.2, -0.15) is 0 Å². The number of aromatic hydroxyl groups is 2. The summed E-state index contributed by atoms with van der Waals surface area (Å²) >= 11 is 0. The number of hydrogen-bond donors (Lipinski definition) is 2. The van der Waals surface area contributed by atoms with Crippen LogP contribution in [0.4, 0.5) is 11.5 Å². The predicted octanol–water partition coefficient (Wildman–Crippen LogP) is 4.09. The van der Waals surface area contributed by atoms with Crippen LogP contribution in [0.5, 0.6) is 23.0 Å². The Hall–Kier alpha value is -4.60. The molecular formula is C22H18N4O6. The van der Waals surface area contributed by atoms with Crippen LogP contribution < -0.4 is 9.47 Å². The maximum Gasteiger partial charge on any atom is 0.282 e. The number of phenolic OH excluding ortho intramolecular Hbond substituents is 2. The van der Waals surface area contributed by atoms with Crippen molar-refractivity contribution in [2.45, 2.75) is 0 Å². The molecule has 2 aromatic carbocycles. The first-order valence-electron chi connectivity index (χ1n) is 9.37. The Kier molecular flexibility index (Phi) is 5.34. The van der Waals surface area contributed by atoms with Gasteiger partial charge in [-0.05, 0) is 36.4 Å². The lowest BCUT2D eigenvalue weighted by molar-refractivity contribution is -0.385. The van der Waals surface area contributed by atoms with Crippen LogP contribution in [0.1, 0.15) is 5.56 Å². The summed E-state index contributed by atoms with van der Waals surface area (Å²) in [4.78, 5) is 20.0. The van der Waals surface area contributed by atoms with Gasteiger partial charge in [0, 0.05) is 18.0 Å². The van der Waals surface area contributed by atoms with Crippen LogP contribution in [-0.4, -0.2) is 45.0 Å². The van der Waals surface area contributed by atoms with Crippen molar-refractivity contribution in [1.82, 2.24) is 9.38 Å². The second kappa shape index (κ2) is 8.26. The molecule has 0 atom stereocenters. The molecular weight excluding hydrogens is 416 g/mol. The number of imidazole rings is 1. The van der Waals surface area contributed by atoms with Crippen molar-refractivity contribution in [3.8, 4) is 34.3 Å². The fraction of sp³-hybridized carbons (Fsp3) is 0.0909. The van der Waals surface area contributed by atoms with E-state index in [0.717, 1.165) is 6.07 Å². The first-order chi connectivity index (χ1) is 15.4. The molecule has 32 heavy (non-hydrogen) atoms. The molecule has 0 unspecified atom stereocenters. The monoisotopic (exact) mass is 434 g/mol. The van der Waals surface area contributed by atoms with Gasteiger partial charge in [0.15, 0.2) is 28.8 Å². The van der Waals surface area contributed by atoms with E-state index in [9.17, 15) is 20.3 Å². The van der Waals surface area contributed by atoms with Crippen molar-refractivity contribution in [3.05, 3.63) is 70.4 Å². The summed E-state index contributed by atoms with van der Waals surface area (Å²) in [6.07, 6.45) is 3.08. The summed E-state index contributed by atoms with van der Waals surface area (Å²) in [5.41, 5.74) is 1.55. The molecule has 162 valence electrons. The number of aromatic nitrogens is 2. The molecule has 0 aliphatic carbocycles. The van der Waals surface area contributed by atoms with E-state index in [1.54, 1.807) is 34.9 Å². The summed E-state index contributed by atoms with van der Waals surface area (Å²) in [6.45, 7) is 0. The molecule has 2 heterocycles. The van der Waals surface area contributed by atoms with Gasteiger partial charge >= 0.3 is 0 Å². The minimum atomic E-state index is -0.610.